The number of carbonyl (C=O) groups excluding carboxylic acids is 3. The molecule has 0 unspecified atom stereocenters. The van der Waals surface area contributed by atoms with Gasteiger partial charge >= 0.3 is 6.09 Å². The van der Waals surface area contributed by atoms with Crippen molar-refractivity contribution in [3.8, 4) is 16.9 Å². The van der Waals surface area contributed by atoms with Crippen LogP contribution in [0.2, 0.25) is 5.02 Å². The monoisotopic (exact) mass is 591 g/mol. The predicted molar refractivity (Wildman–Crippen MR) is 155 cm³/mol. The van der Waals surface area contributed by atoms with Crippen molar-refractivity contribution < 1.29 is 23.5 Å². The molecule has 5 rings (SSSR count). The zero-order valence-corrected chi connectivity index (χ0v) is 23.5. The van der Waals surface area contributed by atoms with Gasteiger partial charge < -0.3 is 20.4 Å². The number of halogens is 2. The second kappa shape index (κ2) is 12.3. The minimum Gasteiger partial charge on any atom is -0.453 e. The number of imidazole rings is 1. The maximum Gasteiger partial charge on any atom is 0.411 e. The molecule has 1 aliphatic rings. The standard InChI is InChI=1S/C29H27ClFN7O4/c1-16-19(14-33-38(16)24-9-6-7-20(30)26(24)31)28(40)37-21-8-4-3-5-10-25(39)35-22-13-17(34-29(41)42-2)11-12-18(22)23-15-32-27(21)36-23/h3-4,6-7,9,11-15,21H,5,8,10H2,1-2H3,(H,32,36)(H,34,41)(H,35,39)(H,37,40)/b4-3+/t21-/m0/s1. The maximum absolute atomic E-state index is 14.6. The number of fused-ring (bicyclic) bond motifs is 4. The van der Waals surface area contributed by atoms with Crippen molar-refractivity contribution in [2.24, 2.45) is 0 Å². The lowest BCUT2D eigenvalue weighted by Gasteiger charge is -2.15. The van der Waals surface area contributed by atoms with E-state index >= 15 is 0 Å². The zero-order valence-electron chi connectivity index (χ0n) is 22.7. The van der Waals surface area contributed by atoms with Crippen LogP contribution in [-0.4, -0.2) is 44.8 Å². The van der Waals surface area contributed by atoms with Crippen molar-refractivity contribution >= 4 is 40.9 Å². The number of methoxy groups -OCH3 is 1. The van der Waals surface area contributed by atoms with E-state index in [4.69, 9.17) is 11.6 Å². The fourth-order valence-corrected chi connectivity index (χ4v) is 4.73. The Morgan fingerprint density at radius 2 is 2.02 bits per heavy atom. The average molecular weight is 592 g/mol. The highest BCUT2D eigenvalue weighted by atomic mass is 35.5. The smallest absolute Gasteiger partial charge is 0.411 e. The summed E-state index contributed by atoms with van der Waals surface area (Å²) >= 11 is 5.94. The Hall–Kier alpha value is -4.97. The van der Waals surface area contributed by atoms with Crippen molar-refractivity contribution in [2.45, 2.75) is 32.2 Å². The van der Waals surface area contributed by atoms with Crippen LogP contribution in [0.15, 0.2) is 60.9 Å². The third-order valence-electron chi connectivity index (χ3n) is 6.74. The summed E-state index contributed by atoms with van der Waals surface area (Å²) in [6.07, 6.45) is 7.18. The third-order valence-corrected chi connectivity index (χ3v) is 7.03. The first-order valence-corrected chi connectivity index (χ1v) is 13.4. The van der Waals surface area contributed by atoms with Crippen LogP contribution in [0.1, 0.15) is 47.2 Å². The van der Waals surface area contributed by atoms with Gasteiger partial charge in [0.05, 0.1) is 53.2 Å². The van der Waals surface area contributed by atoms with Crippen LogP contribution in [0.5, 0.6) is 0 Å². The molecular formula is C29H27ClFN7O4. The fraction of sp³-hybridized carbons (Fsp3) is 0.207. The van der Waals surface area contributed by atoms with E-state index in [-0.39, 0.29) is 28.6 Å². The third kappa shape index (κ3) is 6.03. The van der Waals surface area contributed by atoms with Crippen LogP contribution in [0.4, 0.5) is 20.6 Å². The highest BCUT2D eigenvalue weighted by molar-refractivity contribution is 6.30. The number of benzene rings is 2. The van der Waals surface area contributed by atoms with Gasteiger partial charge in [-0.1, -0.05) is 29.8 Å². The summed E-state index contributed by atoms with van der Waals surface area (Å²) in [6, 6.07) is 9.05. The van der Waals surface area contributed by atoms with E-state index < -0.39 is 23.9 Å². The topological polar surface area (TPSA) is 143 Å². The molecule has 0 aliphatic carbocycles. The van der Waals surface area contributed by atoms with Gasteiger partial charge in [-0.15, -0.1) is 0 Å². The summed E-state index contributed by atoms with van der Waals surface area (Å²) in [5.74, 6) is -0.773. The molecule has 42 heavy (non-hydrogen) atoms. The minimum atomic E-state index is -0.642. The van der Waals surface area contributed by atoms with Gasteiger partial charge in [0.25, 0.3) is 5.91 Å². The summed E-state index contributed by atoms with van der Waals surface area (Å²) in [4.78, 5) is 45.6. The second-order valence-corrected chi connectivity index (χ2v) is 9.91. The molecule has 3 amide bonds. The van der Waals surface area contributed by atoms with Crippen molar-refractivity contribution in [3.63, 3.8) is 0 Å². The number of nitrogens with one attached hydrogen (secondary N) is 4. The van der Waals surface area contributed by atoms with Crippen LogP contribution >= 0.6 is 11.6 Å². The van der Waals surface area contributed by atoms with Crippen LogP contribution in [0, 0.1) is 12.7 Å². The molecule has 1 atom stereocenters. The first-order chi connectivity index (χ1) is 20.2. The maximum atomic E-state index is 14.6. The summed E-state index contributed by atoms with van der Waals surface area (Å²) in [5.41, 5.74) is 2.95. The summed E-state index contributed by atoms with van der Waals surface area (Å²) in [5, 5.41) is 12.7. The van der Waals surface area contributed by atoms with Gasteiger partial charge in [-0.2, -0.15) is 5.10 Å². The van der Waals surface area contributed by atoms with E-state index in [1.165, 1.54) is 30.1 Å². The average Bonchev–Trinajstić information content (AvgIpc) is 3.61. The summed E-state index contributed by atoms with van der Waals surface area (Å²) in [6.45, 7) is 1.67. The molecule has 2 aromatic heterocycles. The molecule has 13 heteroatoms. The number of aromatic amines is 1. The summed E-state index contributed by atoms with van der Waals surface area (Å²) < 4.78 is 20.6. The number of amides is 3. The molecule has 3 heterocycles. The van der Waals surface area contributed by atoms with E-state index in [2.05, 4.69) is 35.8 Å². The Morgan fingerprint density at radius 1 is 1.19 bits per heavy atom. The van der Waals surface area contributed by atoms with Crippen molar-refractivity contribution in [1.29, 1.82) is 0 Å². The van der Waals surface area contributed by atoms with E-state index in [0.717, 1.165) is 0 Å². The summed E-state index contributed by atoms with van der Waals surface area (Å²) in [7, 11) is 1.26. The molecule has 216 valence electrons. The van der Waals surface area contributed by atoms with Gasteiger partial charge in [-0.25, -0.2) is 18.9 Å². The van der Waals surface area contributed by atoms with Crippen LogP contribution in [0.25, 0.3) is 16.9 Å². The van der Waals surface area contributed by atoms with Crippen LogP contribution < -0.4 is 16.0 Å². The largest absolute Gasteiger partial charge is 0.453 e. The highest BCUT2D eigenvalue weighted by Gasteiger charge is 2.23. The molecule has 0 saturated heterocycles. The van der Waals surface area contributed by atoms with Crippen LogP contribution in [0.3, 0.4) is 0 Å². The number of hydrogen-bond donors (Lipinski definition) is 4. The van der Waals surface area contributed by atoms with Gasteiger partial charge in [0.2, 0.25) is 5.91 Å². The molecule has 4 aromatic rings. The number of ether oxygens (including phenoxy) is 1. The number of rotatable bonds is 4. The lowest BCUT2D eigenvalue weighted by atomic mass is 10.1. The van der Waals surface area contributed by atoms with E-state index in [1.807, 2.05) is 12.2 Å². The Balaban J connectivity index is 1.45. The molecule has 0 radical (unpaired) electrons. The molecule has 0 saturated carbocycles. The van der Waals surface area contributed by atoms with E-state index in [1.54, 1.807) is 37.4 Å². The zero-order chi connectivity index (χ0) is 29.8. The number of nitrogens with zero attached hydrogens (tertiary/aromatic N) is 3. The minimum absolute atomic E-state index is 0.0488. The van der Waals surface area contributed by atoms with Gasteiger partial charge in [-0.3, -0.25) is 14.9 Å². The number of allylic oxidation sites excluding steroid dienone is 1. The number of carbonyl (C=O) groups is 3. The van der Waals surface area contributed by atoms with Crippen molar-refractivity contribution in [2.75, 3.05) is 17.7 Å². The SMILES string of the molecule is COC(=O)Nc1ccc2c(c1)NC(=O)CC/C=C/C[C@H](NC(=O)c1cnn(-c3cccc(Cl)c3F)c1C)c1ncc-2[nH]1. The van der Waals surface area contributed by atoms with Gasteiger partial charge in [0.15, 0.2) is 5.82 Å². The van der Waals surface area contributed by atoms with Gasteiger partial charge in [0, 0.05) is 17.7 Å². The van der Waals surface area contributed by atoms with Gasteiger partial charge in [-0.05, 0) is 50.1 Å². The Bertz CT molecular complexity index is 1700. The molecular weight excluding hydrogens is 565 g/mol. The highest BCUT2D eigenvalue weighted by Crippen LogP contribution is 2.32. The van der Waals surface area contributed by atoms with Gasteiger partial charge in [0.1, 0.15) is 11.5 Å². The second-order valence-electron chi connectivity index (χ2n) is 9.51. The van der Waals surface area contributed by atoms with Crippen molar-refractivity contribution in [1.82, 2.24) is 25.1 Å². The molecule has 11 nitrogen and oxygen atoms in total. The molecule has 1 aliphatic heterocycles. The first-order valence-electron chi connectivity index (χ1n) is 13.0. The Morgan fingerprint density at radius 3 is 2.83 bits per heavy atom. The quantitative estimate of drug-likeness (QED) is 0.224. The molecule has 4 N–H and O–H groups in total. The molecule has 0 fully saturated rings. The molecule has 2 aromatic carbocycles. The lowest BCUT2D eigenvalue weighted by Crippen LogP contribution is -2.29. The van der Waals surface area contributed by atoms with E-state index in [9.17, 15) is 18.8 Å². The number of hydrogen-bond acceptors (Lipinski definition) is 6. The Kier molecular flexibility index (Phi) is 8.34. The van der Waals surface area contributed by atoms with Crippen molar-refractivity contribution in [3.05, 3.63) is 88.9 Å². The number of anilines is 2. The lowest BCUT2D eigenvalue weighted by molar-refractivity contribution is -0.116. The first kappa shape index (κ1) is 28.6. The van der Waals surface area contributed by atoms with E-state index in [0.29, 0.717) is 47.0 Å². The normalized spacial score (nSPS) is 15.7. The number of H-pyrrole nitrogens is 1. The molecule has 2 bridgehead atoms. The fourth-order valence-electron chi connectivity index (χ4n) is 4.56. The molecule has 0 spiro atoms. The van der Waals surface area contributed by atoms with Crippen LogP contribution in [-0.2, 0) is 9.53 Å². The number of aromatic nitrogens is 4. The predicted octanol–water partition coefficient (Wildman–Crippen LogP) is 5.69. The Labute approximate surface area is 245 Å².